The molecule has 0 N–H and O–H groups in total. The average Bonchev–Trinajstić information content (AvgIpc) is 2.96. The van der Waals surface area contributed by atoms with Gasteiger partial charge in [0.25, 0.3) is 0 Å². The molecule has 23 heavy (non-hydrogen) atoms. The Morgan fingerprint density at radius 2 is 2.13 bits per heavy atom. The smallest absolute Gasteiger partial charge is 0.226 e. The number of aryl methyl sites for hydroxylation is 1. The molecule has 0 amide bonds. The van der Waals surface area contributed by atoms with E-state index >= 15 is 0 Å². The highest BCUT2D eigenvalue weighted by Gasteiger charge is 2.22. The predicted molar refractivity (Wildman–Crippen MR) is 83.7 cm³/mol. The molecule has 0 saturated carbocycles. The predicted octanol–water partition coefficient (Wildman–Crippen LogP) is 2.98. The Labute approximate surface area is 135 Å². The lowest BCUT2D eigenvalue weighted by atomic mass is 9.93. The van der Waals surface area contributed by atoms with Gasteiger partial charge in [-0.2, -0.15) is 4.98 Å². The summed E-state index contributed by atoms with van der Waals surface area (Å²) in [6.07, 6.45) is 2.98. The lowest BCUT2D eigenvalue weighted by molar-refractivity contribution is 0.169. The van der Waals surface area contributed by atoms with Gasteiger partial charge in [0, 0.05) is 24.6 Å². The fraction of sp³-hybridized carbons (Fsp3) is 0.529. The Bertz CT molecular complexity index is 651. The maximum atomic E-state index is 14.0. The minimum atomic E-state index is -0.201. The molecule has 1 aliphatic heterocycles. The first-order chi connectivity index (χ1) is 11.1. The molecular formula is C17H22FN3O2. The molecule has 0 aliphatic carbocycles. The van der Waals surface area contributed by atoms with Gasteiger partial charge in [0.1, 0.15) is 11.6 Å². The van der Waals surface area contributed by atoms with E-state index in [1.807, 2.05) is 19.1 Å². The van der Waals surface area contributed by atoms with Gasteiger partial charge in [0.2, 0.25) is 5.89 Å². The second-order valence-electron chi connectivity index (χ2n) is 6.12. The second-order valence-corrected chi connectivity index (χ2v) is 6.12. The molecule has 0 radical (unpaired) electrons. The van der Waals surface area contributed by atoms with Gasteiger partial charge in [0.15, 0.2) is 5.82 Å². The fourth-order valence-corrected chi connectivity index (χ4v) is 3.04. The van der Waals surface area contributed by atoms with Gasteiger partial charge in [0.05, 0.1) is 7.11 Å². The Morgan fingerprint density at radius 3 is 2.74 bits per heavy atom. The summed E-state index contributed by atoms with van der Waals surface area (Å²) >= 11 is 0. The normalized spacial score (nSPS) is 16.7. The van der Waals surface area contributed by atoms with Crippen LogP contribution in [-0.4, -0.2) is 35.2 Å². The number of hydrogen-bond acceptors (Lipinski definition) is 5. The number of benzene rings is 1. The number of piperidine rings is 1. The Hall–Kier alpha value is -1.95. The average molecular weight is 319 g/mol. The van der Waals surface area contributed by atoms with Crippen molar-refractivity contribution in [3.05, 3.63) is 41.3 Å². The summed E-state index contributed by atoms with van der Waals surface area (Å²) in [5, 5.41) is 3.83. The lowest BCUT2D eigenvalue weighted by Crippen LogP contribution is -2.34. The summed E-state index contributed by atoms with van der Waals surface area (Å²) in [7, 11) is 1.55. The van der Waals surface area contributed by atoms with Crippen molar-refractivity contribution in [1.29, 1.82) is 0 Å². The van der Waals surface area contributed by atoms with Crippen LogP contribution in [-0.2, 0) is 13.0 Å². The van der Waals surface area contributed by atoms with E-state index in [-0.39, 0.29) is 5.82 Å². The van der Waals surface area contributed by atoms with Crippen LogP contribution in [0.4, 0.5) is 4.39 Å². The minimum absolute atomic E-state index is 0.201. The van der Waals surface area contributed by atoms with Crippen molar-refractivity contribution in [3.8, 4) is 5.75 Å². The molecule has 0 bridgehead atoms. The molecule has 6 heteroatoms. The Morgan fingerprint density at radius 1 is 1.35 bits per heavy atom. The molecule has 1 saturated heterocycles. The highest BCUT2D eigenvalue weighted by molar-refractivity contribution is 5.28. The Balaban J connectivity index is 1.51. The highest BCUT2D eigenvalue weighted by Crippen LogP contribution is 2.24. The van der Waals surface area contributed by atoms with Gasteiger partial charge in [-0.15, -0.1) is 0 Å². The number of ether oxygens (including phenoxy) is 1. The molecule has 5 nitrogen and oxygen atoms in total. The molecule has 1 aromatic heterocycles. The van der Waals surface area contributed by atoms with Gasteiger partial charge in [-0.25, -0.2) is 4.39 Å². The zero-order valence-electron chi connectivity index (χ0n) is 13.6. The van der Waals surface area contributed by atoms with Gasteiger partial charge in [-0.1, -0.05) is 11.2 Å². The van der Waals surface area contributed by atoms with E-state index in [0.717, 1.165) is 43.8 Å². The first-order valence-electron chi connectivity index (χ1n) is 7.98. The highest BCUT2D eigenvalue weighted by atomic mass is 19.1. The van der Waals surface area contributed by atoms with Crippen LogP contribution in [0.25, 0.3) is 0 Å². The Kier molecular flexibility index (Phi) is 4.91. The topological polar surface area (TPSA) is 51.4 Å². The summed E-state index contributed by atoms with van der Waals surface area (Å²) in [5.74, 6) is 2.33. The number of halogens is 1. The van der Waals surface area contributed by atoms with E-state index in [1.165, 1.54) is 6.07 Å². The molecule has 1 aliphatic rings. The lowest BCUT2D eigenvalue weighted by Gasteiger charge is -2.31. The maximum absolute atomic E-state index is 14.0. The molecule has 0 unspecified atom stereocenters. The van der Waals surface area contributed by atoms with E-state index in [9.17, 15) is 4.39 Å². The molecule has 3 rings (SSSR count). The van der Waals surface area contributed by atoms with Gasteiger partial charge in [-0.05, 0) is 44.8 Å². The van der Waals surface area contributed by atoms with E-state index in [2.05, 4.69) is 15.0 Å². The van der Waals surface area contributed by atoms with E-state index < -0.39 is 0 Å². The SMILES string of the molecule is COc1ccc(CN2CCC(Cc3nc(C)no3)CC2)c(F)c1. The quantitative estimate of drug-likeness (QED) is 0.848. The van der Waals surface area contributed by atoms with Crippen LogP contribution in [0.15, 0.2) is 22.7 Å². The van der Waals surface area contributed by atoms with E-state index in [1.54, 1.807) is 7.11 Å². The first kappa shape index (κ1) is 15.9. The van der Waals surface area contributed by atoms with Crippen molar-refractivity contribution in [3.63, 3.8) is 0 Å². The molecule has 2 aromatic rings. The van der Waals surface area contributed by atoms with Gasteiger partial charge < -0.3 is 9.26 Å². The summed E-state index contributed by atoms with van der Waals surface area (Å²) in [6, 6.07) is 5.06. The number of aromatic nitrogens is 2. The first-order valence-corrected chi connectivity index (χ1v) is 7.98. The van der Waals surface area contributed by atoms with E-state index in [0.29, 0.717) is 24.0 Å². The molecule has 0 atom stereocenters. The van der Waals surface area contributed by atoms with Gasteiger partial charge in [-0.3, -0.25) is 4.90 Å². The summed E-state index contributed by atoms with van der Waals surface area (Å²) < 4.78 is 24.3. The number of rotatable bonds is 5. The largest absolute Gasteiger partial charge is 0.497 e. The summed E-state index contributed by atoms with van der Waals surface area (Å²) in [5.41, 5.74) is 0.719. The van der Waals surface area contributed by atoms with Crippen molar-refractivity contribution >= 4 is 0 Å². The zero-order chi connectivity index (χ0) is 16.2. The zero-order valence-corrected chi connectivity index (χ0v) is 13.6. The molecular weight excluding hydrogens is 297 g/mol. The second kappa shape index (κ2) is 7.08. The molecule has 0 spiro atoms. The van der Waals surface area contributed by atoms with Gasteiger partial charge >= 0.3 is 0 Å². The van der Waals surface area contributed by atoms with Crippen LogP contribution >= 0.6 is 0 Å². The number of hydrogen-bond donors (Lipinski definition) is 0. The fourth-order valence-electron chi connectivity index (χ4n) is 3.04. The standard InChI is InChI=1S/C17H22FN3O2/c1-12-19-17(23-20-12)9-13-5-7-21(8-6-13)11-14-3-4-15(22-2)10-16(14)18/h3-4,10,13H,5-9,11H2,1-2H3. The number of methoxy groups -OCH3 is 1. The number of likely N-dealkylation sites (tertiary alicyclic amines) is 1. The van der Waals surface area contributed by atoms with Crippen LogP contribution in [0.5, 0.6) is 5.75 Å². The van der Waals surface area contributed by atoms with Crippen molar-refractivity contribution < 1.29 is 13.7 Å². The third-order valence-corrected chi connectivity index (χ3v) is 4.39. The molecule has 1 aromatic carbocycles. The van der Waals surface area contributed by atoms with Crippen LogP contribution in [0.1, 0.15) is 30.1 Å². The molecule has 124 valence electrons. The van der Waals surface area contributed by atoms with E-state index in [4.69, 9.17) is 9.26 Å². The maximum Gasteiger partial charge on any atom is 0.226 e. The van der Waals surface area contributed by atoms with Crippen LogP contribution < -0.4 is 4.74 Å². The summed E-state index contributed by atoms with van der Waals surface area (Å²) in [4.78, 5) is 6.56. The third kappa shape index (κ3) is 4.07. The number of nitrogens with zero attached hydrogens (tertiary/aromatic N) is 3. The monoisotopic (exact) mass is 319 g/mol. The van der Waals surface area contributed by atoms with Crippen LogP contribution in [0, 0.1) is 18.7 Å². The van der Waals surface area contributed by atoms with Crippen molar-refractivity contribution in [2.45, 2.75) is 32.7 Å². The minimum Gasteiger partial charge on any atom is -0.497 e. The van der Waals surface area contributed by atoms with Crippen molar-refractivity contribution in [2.75, 3.05) is 20.2 Å². The summed E-state index contributed by atoms with van der Waals surface area (Å²) in [6.45, 7) is 4.40. The van der Waals surface area contributed by atoms with Crippen molar-refractivity contribution in [1.82, 2.24) is 15.0 Å². The third-order valence-electron chi connectivity index (χ3n) is 4.39. The van der Waals surface area contributed by atoms with Crippen LogP contribution in [0.2, 0.25) is 0 Å². The molecule has 1 fully saturated rings. The molecule has 2 heterocycles. The van der Waals surface area contributed by atoms with Crippen LogP contribution in [0.3, 0.4) is 0 Å². The van der Waals surface area contributed by atoms with Crippen molar-refractivity contribution in [2.24, 2.45) is 5.92 Å².